The molecule has 0 spiro atoms. The zero-order valence-electron chi connectivity index (χ0n) is 11.8. The number of aryl methyl sites for hydroxylation is 1. The Bertz CT molecular complexity index is 475. The summed E-state index contributed by atoms with van der Waals surface area (Å²) < 4.78 is 0. The molecule has 1 aromatic heterocycles. The molecule has 0 saturated carbocycles. The monoisotopic (exact) mass is 262 g/mol. The van der Waals surface area contributed by atoms with Crippen molar-refractivity contribution in [2.75, 3.05) is 12.0 Å². The number of likely N-dealkylation sites (tertiary alicyclic amines) is 1. The Hall–Kier alpha value is -1.62. The highest BCUT2D eigenvalue weighted by Gasteiger charge is 2.27. The highest BCUT2D eigenvalue weighted by atomic mass is 16.2. The third-order valence-corrected chi connectivity index (χ3v) is 3.75. The van der Waals surface area contributed by atoms with Crippen molar-refractivity contribution in [2.24, 2.45) is 11.8 Å². The quantitative estimate of drug-likeness (QED) is 0.631. The number of nitrogens with zero attached hydrogens (tertiary/aromatic N) is 2. The molecule has 2 heterocycles. The van der Waals surface area contributed by atoms with Crippen molar-refractivity contribution in [2.45, 2.75) is 39.7 Å². The second kappa shape index (κ2) is 5.57. The van der Waals surface area contributed by atoms with E-state index in [9.17, 15) is 4.79 Å². The predicted molar refractivity (Wildman–Crippen MR) is 75.7 cm³/mol. The van der Waals surface area contributed by atoms with Gasteiger partial charge in [-0.05, 0) is 44.7 Å². The Morgan fingerprint density at radius 2 is 2.21 bits per heavy atom. The summed E-state index contributed by atoms with van der Waals surface area (Å²) in [5.74, 6) is 6.67. The van der Waals surface area contributed by atoms with Gasteiger partial charge in [0.1, 0.15) is 5.82 Å². The molecule has 5 nitrogen and oxygen atoms in total. The average molecular weight is 262 g/mol. The molecular formula is C14H22N4O. The summed E-state index contributed by atoms with van der Waals surface area (Å²) in [5, 5.41) is 0. The van der Waals surface area contributed by atoms with Gasteiger partial charge in [-0.2, -0.15) is 0 Å². The molecule has 5 heteroatoms. The van der Waals surface area contributed by atoms with Crippen LogP contribution in [-0.2, 0) is 0 Å². The first kappa shape index (κ1) is 13.8. The number of piperidine rings is 1. The molecule has 2 atom stereocenters. The molecule has 0 bridgehead atoms. The summed E-state index contributed by atoms with van der Waals surface area (Å²) in [6.07, 6.45) is 2.14. The van der Waals surface area contributed by atoms with Gasteiger partial charge in [0, 0.05) is 23.8 Å². The van der Waals surface area contributed by atoms with Crippen LogP contribution in [0.5, 0.6) is 0 Å². The van der Waals surface area contributed by atoms with Gasteiger partial charge in [0.25, 0.3) is 5.91 Å². The summed E-state index contributed by atoms with van der Waals surface area (Å²) >= 11 is 0. The molecular weight excluding hydrogens is 240 g/mol. The van der Waals surface area contributed by atoms with Crippen LogP contribution >= 0.6 is 0 Å². The van der Waals surface area contributed by atoms with Crippen LogP contribution in [0.25, 0.3) is 0 Å². The lowest BCUT2D eigenvalue weighted by Crippen LogP contribution is -2.44. The lowest BCUT2D eigenvalue weighted by atomic mass is 9.93. The minimum absolute atomic E-state index is 0.0707. The van der Waals surface area contributed by atoms with Gasteiger partial charge >= 0.3 is 0 Å². The maximum atomic E-state index is 12.6. The Morgan fingerprint density at radius 3 is 2.84 bits per heavy atom. The largest absolute Gasteiger partial charge is 0.336 e. The molecule has 1 fully saturated rings. The number of nitrogens with one attached hydrogen (secondary N) is 1. The molecule has 1 amide bonds. The van der Waals surface area contributed by atoms with E-state index in [0.29, 0.717) is 23.3 Å². The van der Waals surface area contributed by atoms with Crippen molar-refractivity contribution in [3.05, 3.63) is 23.4 Å². The van der Waals surface area contributed by atoms with E-state index in [1.54, 1.807) is 6.07 Å². The van der Waals surface area contributed by atoms with E-state index < -0.39 is 0 Å². The number of amides is 1. The van der Waals surface area contributed by atoms with E-state index in [0.717, 1.165) is 25.1 Å². The molecule has 104 valence electrons. The fraction of sp³-hybridized carbons (Fsp3) is 0.571. The van der Waals surface area contributed by atoms with E-state index in [2.05, 4.69) is 24.3 Å². The summed E-state index contributed by atoms with van der Waals surface area (Å²) in [6, 6.07) is 3.81. The number of nitrogens with two attached hydrogens (primary N) is 1. The van der Waals surface area contributed by atoms with Gasteiger partial charge in [-0.25, -0.2) is 10.8 Å². The van der Waals surface area contributed by atoms with Gasteiger partial charge in [-0.3, -0.25) is 4.79 Å². The van der Waals surface area contributed by atoms with Crippen molar-refractivity contribution in [3.8, 4) is 0 Å². The molecule has 3 N–H and O–H groups in total. The molecule has 2 unspecified atom stereocenters. The van der Waals surface area contributed by atoms with Crippen LogP contribution in [0.4, 0.5) is 5.82 Å². The third kappa shape index (κ3) is 3.04. The Labute approximate surface area is 114 Å². The van der Waals surface area contributed by atoms with Crippen molar-refractivity contribution >= 4 is 11.7 Å². The molecule has 1 aliphatic rings. The van der Waals surface area contributed by atoms with Crippen LogP contribution in [0.2, 0.25) is 0 Å². The maximum Gasteiger partial charge on any atom is 0.254 e. The van der Waals surface area contributed by atoms with Crippen molar-refractivity contribution < 1.29 is 4.79 Å². The number of carbonyl (C=O) groups is 1. The van der Waals surface area contributed by atoms with E-state index in [1.165, 1.54) is 0 Å². The van der Waals surface area contributed by atoms with Crippen LogP contribution < -0.4 is 11.3 Å². The number of anilines is 1. The van der Waals surface area contributed by atoms with E-state index in [4.69, 9.17) is 5.84 Å². The number of nitrogen functional groups attached to an aromatic ring is 1. The summed E-state index contributed by atoms with van der Waals surface area (Å²) in [4.78, 5) is 18.7. The summed E-state index contributed by atoms with van der Waals surface area (Å²) in [6.45, 7) is 7.04. The van der Waals surface area contributed by atoms with Crippen molar-refractivity contribution in [3.63, 3.8) is 0 Å². The van der Waals surface area contributed by atoms with E-state index in [-0.39, 0.29) is 5.91 Å². The van der Waals surface area contributed by atoms with Gasteiger partial charge in [-0.15, -0.1) is 0 Å². The number of hydrogen-bond donors (Lipinski definition) is 2. The van der Waals surface area contributed by atoms with Gasteiger partial charge in [0.15, 0.2) is 0 Å². The second-order valence-electron chi connectivity index (χ2n) is 5.50. The number of hydrazine groups is 1. The Kier molecular flexibility index (Phi) is 4.04. The van der Waals surface area contributed by atoms with Gasteiger partial charge in [0.05, 0.1) is 0 Å². The van der Waals surface area contributed by atoms with Crippen LogP contribution in [0.3, 0.4) is 0 Å². The summed E-state index contributed by atoms with van der Waals surface area (Å²) in [5.41, 5.74) is 3.95. The molecule has 0 radical (unpaired) electrons. The zero-order chi connectivity index (χ0) is 14.0. The highest BCUT2D eigenvalue weighted by molar-refractivity contribution is 5.95. The lowest BCUT2D eigenvalue weighted by molar-refractivity contribution is 0.0588. The lowest BCUT2D eigenvalue weighted by Gasteiger charge is -2.36. The first-order valence-corrected chi connectivity index (χ1v) is 6.77. The fourth-order valence-corrected chi connectivity index (χ4v) is 2.74. The number of pyridine rings is 1. The minimum Gasteiger partial charge on any atom is -0.336 e. The minimum atomic E-state index is 0.0707. The molecule has 0 aromatic carbocycles. The first-order valence-electron chi connectivity index (χ1n) is 6.77. The van der Waals surface area contributed by atoms with Crippen LogP contribution in [0.1, 0.15) is 42.7 Å². The van der Waals surface area contributed by atoms with Gasteiger partial charge in [0.2, 0.25) is 0 Å². The smallest absolute Gasteiger partial charge is 0.254 e. The molecule has 1 aromatic rings. The van der Waals surface area contributed by atoms with Gasteiger partial charge < -0.3 is 10.3 Å². The Morgan fingerprint density at radius 1 is 1.47 bits per heavy atom. The maximum absolute atomic E-state index is 12.6. The van der Waals surface area contributed by atoms with Crippen molar-refractivity contribution in [1.29, 1.82) is 0 Å². The highest BCUT2D eigenvalue weighted by Crippen LogP contribution is 2.24. The summed E-state index contributed by atoms with van der Waals surface area (Å²) in [7, 11) is 0. The normalized spacial score (nSPS) is 23.3. The number of hydrogen-bond acceptors (Lipinski definition) is 4. The molecule has 0 aliphatic carbocycles. The van der Waals surface area contributed by atoms with E-state index >= 15 is 0 Å². The molecule has 19 heavy (non-hydrogen) atoms. The molecule has 1 aliphatic heterocycles. The van der Waals surface area contributed by atoms with Crippen molar-refractivity contribution in [1.82, 2.24) is 9.88 Å². The standard InChI is InChI=1S/C14H22N4O/c1-9-4-5-18(11(3)6-9)14(19)12-7-10(2)16-13(8-12)17-15/h7-9,11H,4-6,15H2,1-3H3,(H,16,17). The van der Waals surface area contributed by atoms with E-state index in [1.807, 2.05) is 17.9 Å². The SMILES string of the molecule is Cc1cc(C(=O)N2CCC(C)CC2C)cc(NN)n1. The van der Waals surface area contributed by atoms with Crippen LogP contribution in [-0.4, -0.2) is 28.4 Å². The third-order valence-electron chi connectivity index (χ3n) is 3.75. The fourth-order valence-electron chi connectivity index (χ4n) is 2.74. The molecule has 1 saturated heterocycles. The number of aromatic nitrogens is 1. The zero-order valence-corrected chi connectivity index (χ0v) is 11.8. The predicted octanol–water partition coefficient (Wildman–Crippen LogP) is 1.94. The average Bonchev–Trinajstić information content (AvgIpc) is 2.37. The topological polar surface area (TPSA) is 71.2 Å². The number of carbonyl (C=O) groups excluding carboxylic acids is 1. The van der Waals surface area contributed by atoms with Crippen LogP contribution in [0.15, 0.2) is 12.1 Å². The first-order chi connectivity index (χ1) is 9.01. The van der Waals surface area contributed by atoms with Gasteiger partial charge in [-0.1, -0.05) is 6.92 Å². The molecule has 2 rings (SSSR count). The number of rotatable bonds is 2. The second-order valence-corrected chi connectivity index (χ2v) is 5.50. The van der Waals surface area contributed by atoms with Crippen LogP contribution in [0, 0.1) is 12.8 Å². The Balaban J connectivity index is 2.21.